The molecule has 0 unspecified atom stereocenters. The fourth-order valence-corrected chi connectivity index (χ4v) is 3.88. The second-order valence-corrected chi connectivity index (χ2v) is 6.80. The topological polar surface area (TPSA) is 107 Å². The first-order valence-electron chi connectivity index (χ1n) is 6.40. The molecule has 8 heteroatoms. The minimum Gasteiger partial charge on any atom is -0.330 e. The number of nitrogens with zero attached hydrogens (tertiary/aromatic N) is 2. The van der Waals surface area contributed by atoms with Crippen molar-refractivity contribution in [2.75, 3.05) is 19.6 Å². The van der Waals surface area contributed by atoms with Gasteiger partial charge in [-0.3, -0.25) is 10.1 Å². The van der Waals surface area contributed by atoms with Crippen molar-refractivity contribution in [3.63, 3.8) is 0 Å². The monoisotopic (exact) mass is 299 g/mol. The van der Waals surface area contributed by atoms with E-state index in [-0.39, 0.29) is 16.5 Å². The van der Waals surface area contributed by atoms with Crippen LogP contribution in [0.4, 0.5) is 5.69 Å². The summed E-state index contributed by atoms with van der Waals surface area (Å²) >= 11 is 0. The zero-order valence-corrected chi connectivity index (χ0v) is 11.8. The number of nitro groups is 1. The third-order valence-electron chi connectivity index (χ3n) is 3.50. The number of hydrogen-bond acceptors (Lipinski definition) is 5. The number of benzene rings is 1. The molecule has 0 amide bonds. The van der Waals surface area contributed by atoms with Crippen LogP contribution in [0.15, 0.2) is 29.2 Å². The van der Waals surface area contributed by atoms with Crippen LogP contribution in [0.3, 0.4) is 0 Å². The Kier molecular flexibility index (Phi) is 4.36. The fraction of sp³-hybridized carbons (Fsp3) is 0.500. The summed E-state index contributed by atoms with van der Waals surface area (Å²) in [7, 11) is -3.59. The molecule has 0 bridgehead atoms. The lowest BCUT2D eigenvalue weighted by Gasteiger charge is -2.31. The quantitative estimate of drug-likeness (QED) is 0.658. The Morgan fingerprint density at radius 3 is 2.55 bits per heavy atom. The summed E-state index contributed by atoms with van der Waals surface area (Å²) in [6.07, 6.45) is 1.72. The molecule has 2 rings (SSSR count). The molecule has 2 N–H and O–H groups in total. The molecule has 1 heterocycles. The minimum atomic E-state index is -3.59. The molecule has 0 saturated carbocycles. The molecular formula is C12H17N3O4S. The number of nitro benzene ring substituents is 1. The number of sulfonamides is 1. The van der Waals surface area contributed by atoms with Crippen molar-refractivity contribution in [3.8, 4) is 0 Å². The lowest BCUT2D eigenvalue weighted by Crippen LogP contribution is -2.41. The Balaban J connectivity index is 2.23. The number of hydrogen-bond donors (Lipinski definition) is 1. The van der Waals surface area contributed by atoms with Gasteiger partial charge in [-0.2, -0.15) is 4.31 Å². The van der Waals surface area contributed by atoms with Gasteiger partial charge >= 0.3 is 0 Å². The van der Waals surface area contributed by atoms with Crippen LogP contribution in [0.5, 0.6) is 0 Å². The van der Waals surface area contributed by atoms with Gasteiger partial charge in [-0.05, 0) is 37.4 Å². The molecule has 0 aromatic heterocycles. The van der Waals surface area contributed by atoms with E-state index in [4.69, 9.17) is 5.73 Å². The van der Waals surface area contributed by atoms with Gasteiger partial charge < -0.3 is 5.73 Å². The van der Waals surface area contributed by atoms with Crippen LogP contribution < -0.4 is 5.73 Å². The molecule has 1 aliphatic rings. The second-order valence-electron chi connectivity index (χ2n) is 4.86. The van der Waals surface area contributed by atoms with Crippen LogP contribution in [-0.4, -0.2) is 37.3 Å². The first kappa shape index (κ1) is 14.9. The predicted molar refractivity (Wildman–Crippen MR) is 73.6 cm³/mol. The molecule has 20 heavy (non-hydrogen) atoms. The zero-order valence-electron chi connectivity index (χ0n) is 10.9. The number of rotatable bonds is 4. The highest BCUT2D eigenvalue weighted by Gasteiger charge is 2.29. The molecule has 1 aromatic rings. The summed E-state index contributed by atoms with van der Waals surface area (Å²) in [5.74, 6) is 0.177. The van der Waals surface area contributed by atoms with Crippen molar-refractivity contribution >= 4 is 15.7 Å². The molecular weight excluding hydrogens is 282 g/mol. The van der Waals surface area contributed by atoms with Crippen LogP contribution in [0.25, 0.3) is 0 Å². The number of piperidine rings is 1. The molecule has 7 nitrogen and oxygen atoms in total. The number of non-ortho nitro benzene ring substituents is 1. The van der Waals surface area contributed by atoms with E-state index in [0.717, 1.165) is 12.8 Å². The maximum absolute atomic E-state index is 12.4. The first-order chi connectivity index (χ1) is 9.45. The SMILES string of the molecule is NC[C@@H]1CCCN(S(=O)(=O)c2ccc([N+](=O)[O-])cc2)C1. The van der Waals surface area contributed by atoms with E-state index in [1.165, 1.54) is 28.6 Å². The fourth-order valence-electron chi connectivity index (χ4n) is 2.33. The highest BCUT2D eigenvalue weighted by molar-refractivity contribution is 7.89. The Morgan fingerprint density at radius 1 is 1.35 bits per heavy atom. The van der Waals surface area contributed by atoms with E-state index >= 15 is 0 Å². The van der Waals surface area contributed by atoms with Gasteiger partial charge in [0, 0.05) is 25.2 Å². The van der Waals surface area contributed by atoms with Gasteiger partial charge in [-0.15, -0.1) is 0 Å². The normalized spacial score (nSPS) is 20.8. The third kappa shape index (κ3) is 2.97. The lowest BCUT2D eigenvalue weighted by atomic mass is 10.0. The van der Waals surface area contributed by atoms with Gasteiger partial charge in [-0.1, -0.05) is 0 Å². The van der Waals surface area contributed by atoms with Crippen LogP contribution in [-0.2, 0) is 10.0 Å². The van der Waals surface area contributed by atoms with Crippen LogP contribution in [0.1, 0.15) is 12.8 Å². The van der Waals surface area contributed by atoms with Crippen molar-refractivity contribution in [2.24, 2.45) is 11.7 Å². The van der Waals surface area contributed by atoms with Crippen LogP contribution >= 0.6 is 0 Å². The number of nitrogens with two attached hydrogens (primary N) is 1. The van der Waals surface area contributed by atoms with E-state index in [1.807, 2.05) is 0 Å². The van der Waals surface area contributed by atoms with Crippen LogP contribution in [0, 0.1) is 16.0 Å². The van der Waals surface area contributed by atoms with Gasteiger partial charge in [-0.25, -0.2) is 8.42 Å². The molecule has 1 fully saturated rings. The summed E-state index contributed by atoms with van der Waals surface area (Å²) in [4.78, 5) is 10.1. The van der Waals surface area contributed by atoms with Crippen molar-refractivity contribution in [1.82, 2.24) is 4.31 Å². The molecule has 110 valence electrons. The van der Waals surface area contributed by atoms with E-state index in [0.29, 0.717) is 19.6 Å². The molecule has 0 aliphatic carbocycles. The van der Waals surface area contributed by atoms with Gasteiger partial charge in [0.05, 0.1) is 9.82 Å². The summed E-state index contributed by atoms with van der Waals surface area (Å²) in [5.41, 5.74) is 5.48. The Bertz CT molecular complexity index is 585. The largest absolute Gasteiger partial charge is 0.330 e. The van der Waals surface area contributed by atoms with E-state index in [9.17, 15) is 18.5 Å². The second kappa shape index (κ2) is 5.86. The minimum absolute atomic E-state index is 0.0840. The average molecular weight is 299 g/mol. The predicted octanol–water partition coefficient (Wildman–Crippen LogP) is 0.954. The highest BCUT2D eigenvalue weighted by Crippen LogP contribution is 2.24. The molecule has 0 radical (unpaired) electrons. The maximum atomic E-state index is 12.4. The van der Waals surface area contributed by atoms with Gasteiger partial charge in [0.1, 0.15) is 0 Å². The van der Waals surface area contributed by atoms with Gasteiger partial charge in [0.25, 0.3) is 5.69 Å². The van der Waals surface area contributed by atoms with Gasteiger partial charge in [0.2, 0.25) is 10.0 Å². The Morgan fingerprint density at radius 2 is 2.00 bits per heavy atom. The average Bonchev–Trinajstić information content (AvgIpc) is 2.47. The van der Waals surface area contributed by atoms with Crippen LogP contribution in [0.2, 0.25) is 0 Å². The first-order valence-corrected chi connectivity index (χ1v) is 7.84. The molecule has 1 saturated heterocycles. The summed E-state index contributed by atoms with van der Waals surface area (Å²) in [6.45, 7) is 1.35. The maximum Gasteiger partial charge on any atom is 0.269 e. The van der Waals surface area contributed by atoms with Crippen molar-refractivity contribution in [1.29, 1.82) is 0 Å². The third-order valence-corrected chi connectivity index (χ3v) is 5.38. The van der Waals surface area contributed by atoms with E-state index in [1.54, 1.807) is 0 Å². The van der Waals surface area contributed by atoms with E-state index < -0.39 is 14.9 Å². The lowest BCUT2D eigenvalue weighted by molar-refractivity contribution is -0.384. The summed E-state index contributed by atoms with van der Waals surface area (Å²) < 4.78 is 26.3. The van der Waals surface area contributed by atoms with Crippen molar-refractivity contribution in [3.05, 3.63) is 34.4 Å². The van der Waals surface area contributed by atoms with Gasteiger partial charge in [0.15, 0.2) is 0 Å². The standard InChI is InChI=1S/C12H17N3O4S/c13-8-10-2-1-7-14(9-10)20(18,19)12-5-3-11(4-6-12)15(16)17/h3-6,10H,1-2,7-9,13H2/t10-/m0/s1. The zero-order chi connectivity index (χ0) is 14.8. The smallest absolute Gasteiger partial charge is 0.269 e. The molecule has 1 aromatic carbocycles. The van der Waals surface area contributed by atoms with Crippen molar-refractivity contribution < 1.29 is 13.3 Å². The van der Waals surface area contributed by atoms with Crippen molar-refractivity contribution in [2.45, 2.75) is 17.7 Å². The molecule has 1 aliphatic heterocycles. The Labute approximate surface area is 117 Å². The molecule has 1 atom stereocenters. The highest BCUT2D eigenvalue weighted by atomic mass is 32.2. The Hall–Kier alpha value is -1.51. The molecule has 0 spiro atoms. The summed E-state index contributed by atoms with van der Waals surface area (Å²) in [6, 6.07) is 4.97. The summed E-state index contributed by atoms with van der Waals surface area (Å²) in [5, 5.41) is 10.6. The van der Waals surface area contributed by atoms with E-state index in [2.05, 4.69) is 0 Å².